The maximum Gasteiger partial charge on any atom is 0.270 e. The second kappa shape index (κ2) is 7.76. The Kier molecular flexibility index (Phi) is 5.00. The Morgan fingerprint density at radius 2 is 1.52 bits per heavy atom. The minimum absolute atomic E-state index is 0.224. The summed E-state index contributed by atoms with van der Waals surface area (Å²) in [7, 11) is 3.24. The first-order valence-electron chi connectivity index (χ1n) is 9.50. The average molecular weight is 382 g/mol. The van der Waals surface area contributed by atoms with Crippen LogP contribution in [0.1, 0.15) is 16.1 Å². The summed E-state index contributed by atoms with van der Waals surface area (Å²) in [5, 5.41) is 3.56. The molecule has 29 heavy (non-hydrogen) atoms. The van der Waals surface area contributed by atoms with Gasteiger partial charge in [0.25, 0.3) is 5.91 Å². The molecule has 0 saturated carbocycles. The number of nitrogens with zero attached hydrogens (tertiary/aromatic N) is 1. The van der Waals surface area contributed by atoms with Crippen LogP contribution < -0.4 is 10.1 Å². The van der Waals surface area contributed by atoms with Gasteiger partial charge in [-0.1, -0.05) is 66.7 Å². The van der Waals surface area contributed by atoms with E-state index in [9.17, 15) is 4.79 Å². The molecule has 0 spiro atoms. The number of pyridine rings is 1. The van der Waals surface area contributed by atoms with Gasteiger partial charge >= 0.3 is 0 Å². The van der Waals surface area contributed by atoms with Crippen LogP contribution in [0.4, 0.5) is 0 Å². The second-order valence-electron chi connectivity index (χ2n) is 6.81. The number of nitrogens with one attached hydrogen (secondary N) is 1. The Morgan fingerprint density at radius 3 is 2.21 bits per heavy atom. The molecule has 0 aliphatic heterocycles. The Hall–Kier alpha value is -3.66. The molecule has 144 valence electrons. The predicted molar refractivity (Wildman–Crippen MR) is 117 cm³/mol. The molecule has 3 aromatic carbocycles. The van der Waals surface area contributed by atoms with Crippen molar-refractivity contribution >= 4 is 16.8 Å². The van der Waals surface area contributed by atoms with Gasteiger partial charge < -0.3 is 10.1 Å². The third-order valence-electron chi connectivity index (χ3n) is 5.15. The van der Waals surface area contributed by atoms with E-state index in [0.29, 0.717) is 11.4 Å². The minimum Gasteiger partial charge on any atom is -0.496 e. The third-order valence-corrected chi connectivity index (χ3v) is 5.15. The molecule has 0 unspecified atom stereocenters. The SMILES string of the molecule is CNC(=O)c1nc2cccc(-c3ccccc3-c3ccccc3)c2c(OC)c1C. The number of methoxy groups -OCH3 is 1. The van der Waals surface area contributed by atoms with Gasteiger partial charge in [0.15, 0.2) is 0 Å². The van der Waals surface area contributed by atoms with Crippen LogP contribution in [0.25, 0.3) is 33.2 Å². The van der Waals surface area contributed by atoms with Crippen molar-refractivity contribution in [1.82, 2.24) is 10.3 Å². The molecule has 0 aliphatic carbocycles. The van der Waals surface area contributed by atoms with E-state index in [1.165, 1.54) is 0 Å². The van der Waals surface area contributed by atoms with Gasteiger partial charge in [-0.3, -0.25) is 4.79 Å². The molecule has 4 rings (SSSR count). The van der Waals surface area contributed by atoms with Gasteiger partial charge in [-0.25, -0.2) is 4.98 Å². The maximum atomic E-state index is 12.3. The zero-order valence-corrected chi connectivity index (χ0v) is 16.7. The summed E-state index contributed by atoms with van der Waals surface area (Å²) in [5.41, 5.74) is 6.23. The van der Waals surface area contributed by atoms with Crippen LogP contribution in [0.2, 0.25) is 0 Å². The first-order chi connectivity index (χ1) is 14.2. The highest BCUT2D eigenvalue weighted by molar-refractivity contribution is 6.06. The first-order valence-corrected chi connectivity index (χ1v) is 9.50. The Morgan fingerprint density at radius 1 is 0.862 bits per heavy atom. The normalized spacial score (nSPS) is 10.7. The van der Waals surface area contributed by atoms with E-state index in [2.05, 4.69) is 40.6 Å². The molecule has 1 N–H and O–H groups in total. The van der Waals surface area contributed by atoms with Gasteiger partial charge in [-0.05, 0) is 35.2 Å². The smallest absolute Gasteiger partial charge is 0.270 e. The number of aromatic nitrogens is 1. The van der Waals surface area contributed by atoms with E-state index in [4.69, 9.17) is 4.74 Å². The number of benzene rings is 3. The lowest BCUT2D eigenvalue weighted by Gasteiger charge is -2.17. The van der Waals surface area contributed by atoms with E-state index >= 15 is 0 Å². The Balaban J connectivity index is 2.05. The molecular formula is C25H22N2O2. The topological polar surface area (TPSA) is 51.2 Å². The summed E-state index contributed by atoms with van der Waals surface area (Å²) in [6.07, 6.45) is 0. The monoisotopic (exact) mass is 382 g/mol. The maximum absolute atomic E-state index is 12.3. The van der Waals surface area contributed by atoms with Gasteiger partial charge in [-0.2, -0.15) is 0 Å². The summed E-state index contributed by atoms with van der Waals surface area (Å²) >= 11 is 0. The van der Waals surface area contributed by atoms with Crippen molar-refractivity contribution in [3.63, 3.8) is 0 Å². The van der Waals surface area contributed by atoms with Crippen LogP contribution in [0.5, 0.6) is 5.75 Å². The predicted octanol–water partition coefficient (Wildman–Crippen LogP) is 5.25. The number of carbonyl (C=O) groups excluding carboxylic acids is 1. The lowest BCUT2D eigenvalue weighted by atomic mass is 9.91. The zero-order chi connectivity index (χ0) is 20.4. The van der Waals surface area contributed by atoms with Crippen molar-refractivity contribution in [2.24, 2.45) is 0 Å². The van der Waals surface area contributed by atoms with Crippen LogP contribution in [-0.2, 0) is 0 Å². The largest absolute Gasteiger partial charge is 0.496 e. The van der Waals surface area contributed by atoms with Crippen molar-refractivity contribution in [2.75, 3.05) is 14.2 Å². The lowest BCUT2D eigenvalue weighted by Crippen LogP contribution is -2.21. The molecule has 0 radical (unpaired) electrons. The van der Waals surface area contributed by atoms with Crippen LogP contribution in [-0.4, -0.2) is 25.0 Å². The van der Waals surface area contributed by atoms with Gasteiger partial charge in [0.05, 0.1) is 18.0 Å². The molecule has 1 aromatic heterocycles. The number of hydrogen-bond acceptors (Lipinski definition) is 3. The fourth-order valence-electron chi connectivity index (χ4n) is 3.78. The van der Waals surface area contributed by atoms with Gasteiger partial charge in [0, 0.05) is 12.6 Å². The van der Waals surface area contributed by atoms with E-state index in [0.717, 1.165) is 38.7 Å². The van der Waals surface area contributed by atoms with Crippen LogP contribution in [0.15, 0.2) is 72.8 Å². The molecular weight excluding hydrogens is 360 g/mol. The minimum atomic E-state index is -0.224. The lowest BCUT2D eigenvalue weighted by molar-refractivity contribution is 0.0957. The first kappa shape index (κ1) is 18.7. The van der Waals surface area contributed by atoms with Crippen LogP contribution in [0.3, 0.4) is 0 Å². The average Bonchev–Trinajstić information content (AvgIpc) is 2.78. The molecule has 1 heterocycles. The van der Waals surface area contributed by atoms with Crippen molar-refractivity contribution in [2.45, 2.75) is 6.92 Å². The van der Waals surface area contributed by atoms with E-state index in [1.807, 2.05) is 49.4 Å². The number of amides is 1. The molecule has 4 aromatic rings. The molecule has 0 saturated heterocycles. The number of carbonyl (C=O) groups is 1. The molecule has 0 bridgehead atoms. The number of fused-ring (bicyclic) bond motifs is 1. The van der Waals surface area contributed by atoms with E-state index < -0.39 is 0 Å². The van der Waals surface area contributed by atoms with Gasteiger partial charge in [0.2, 0.25) is 0 Å². The fraction of sp³-hybridized carbons (Fsp3) is 0.120. The molecule has 1 amide bonds. The highest BCUT2D eigenvalue weighted by atomic mass is 16.5. The van der Waals surface area contributed by atoms with E-state index in [1.54, 1.807) is 14.2 Å². The molecule has 4 nitrogen and oxygen atoms in total. The fourth-order valence-corrected chi connectivity index (χ4v) is 3.78. The summed E-state index contributed by atoms with van der Waals surface area (Å²) in [5.74, 6) is 0.449. The molecule has 0 aliphatic rings. The Bertz CT molecular complexity index is 1200. The number of ether oxygens (including phenoxy) is 1. The van der Waals surface area contributed by atoms with E-state index in [-0.39, 0.29) is 5.91 Å². The number of rotatable bonds is 4. The van der Waals surface area contributed by atoms with Crippen LogP contribution >= 0.6 is 0 Å². The van der Waals surface area contributed by atoms with Crippen molar-refractivity contribution in [1.29, 1.82) is 0 Å². The molecule has 4 heteroatoms. The molecule has 0 fully saturated rings. The van der Waals surface area contributed by atoms with Crippen LogP contribution in [0, 0.1) is 6.92 Å². The summed E-state index contributed by atoms with van der Waals surface area (Å²) in [6, 6.07) is 24.6. The highest BCUT2D eigenvalue weighted by Crippen LogP contribution is 2.41. The quantitative estimate of drug-likeness (QED) is 0.525. The summed E-state index contributed by atoms with van der Waals surface area (Å²) < 4.78 is 5.78. The second-order valence-corrected chi connectivity index (χ2v) is 6.81. The van der Waals surface area contributed by atoms with Crippen molar-refractivity contribution in [3.05, 3.63) is 84.1 Å². The van der Waals surface area contributed by atoms with Gasteiger partial charge in [0.1, 0.15) is 11.4 Å². The standard InChI is InChI=1S/C25H22N2O2/c1-16-23(25(28)26-2)27-21-15-9-14-20(22(21)24(16)29-3)19-13-8-7-12-18(19)17-10-5-4-6-11-17/h4-15H,1-3H3,(H,26,28). The zero-order valence-electron chi connectivity index (χ0n) is 16.7. The van der Waals surface area contributed by atoms with Crippen molar-refractivity contribution in [3.8, 4) is 28.0 Å². The number of hydrogen-bond donors (Lipinski definition) is 1. The van der Waals surface area contributed by atoms with Crippen molar-refractivity contribution < 1.29 is 9.53 Å². The van der Waals surface area contributed by atoms with Gasteiger partial charge in [-0.15, -0.1) is 0 Å². The molecule has 0 atom stereocenters. The summed E-state index contributed by atoms with van der Waals surface area (Å²) in [4.78, 5) is 17.0. The summed E-state index contributed by atoms with van der Waals surface area (Å²) in [6.45, 7) is 1.87. The highest BCUT2D eigenvalue weighted by Gasteiger charge is 2.20. The Labute approximate surface area is 170 Å². The third kappa shape index (κ3) is 3.23.